The highest BCUT2D eigenvalue weighted by Gasteiger charge is 2.17. The summed E-state index contributed by atoms with van der Waals surface area (Å²) >= 11 is 0. The number of benzene rings is 2. The Morgan fingerprint density at radius 2 is 1.54 bits per heavy atom. The molecule has 0 atom stereocenters. The molecule has 0 spiro atoms. The van der Waals surface area contributed by atoms with Gasteiger partial charge in [0.15, 0.2) is 5.69 Å². The van der Waals surface area contributed by atoms with Gasteiger partial charge in [-0.3, -0.25) is 0 Å². The van der Waals surface area contributed by atoms with Crippen LogP contribution in [0.4, 0.5) is 0 Å². The number of esters is 1. The van der Waals surface area contributed by atoms with Crippen LogP contribution in [0.3, 0.4) is 0 Å². The fourth-order valence-corrected chi connectivity index (χ4v) is 2.57. The van der Waals surface area contributed by atoms with E-state index >= 15 is 0 Å². The first-order chi connectivity index (χ1) is 12.7. The van der Waals surface area contributed by atoms with Crippen molar-refractivity contribution < 1.29 is 19.0 Å². The highest BCUT2D eigenvalue weighted by molar-refractivity contribution is 5.89. The standard InChI is InChI=1S/C20H20N2O4/c1-4-26-20(23)18-13-19(14-5-9-16(24-2)10-6-14)22(21-18)15-7-11-17(25-3)12-8-15/h5-13H,4H2,1-3H3. The van der Waals surface area contributed by atoms with Gasteiger partial charge in [0.2, 0.25) is 0 Å². The van der Waals surface area contributed by atoms with E-state index < -0.39 is 5.97 Å². The molecule has 26 heavy (non-hydrogen) atoms. The molecule has 1 heterocycles. The third-order valence-corrected chi connectivity index (χ3v) is 3.90. The van der Waals surface area contributed by atoms with Gasteiger partial charge < -0.3 is 14.2 Å². The molecule has 0 N–H and O–H groups in total. The third-order valence-electron chi connectivity index (χ3n) is 3.90. The van der Waals surface area contributed by atoms with Crippen LogP contribution in [0.25, 0.3) is 16.9 Å². The minimum atomic E-state index is -0.450. The van der Waals surface area contributed by atoms with Gasteiger partial charge >= 0.3 is 5.97 Å². The predicted octanol–water partition coefficient (Wildman–Crippen LogP) is 3.73. The van der Waals surface area contributed by atoms with Gasteiger partial charge in [0.05, 0.1) is 32.2 Å². The van der Waals surface area contributed by atoms with Crippen LogP contribution in [-0.4, -0.2) is 36.6 Å². The molecule has 0 aliphatic rings. The summed E-state index contributed by atoms with van der Waals surface area (Å²) in [6.07, 6.45) is 0. The second kappa shape index (κ2) is 7.74. The number of methoxy groups -OCH3 is 2. The smallest absolute Gasteiger partial charge is 0.358 e. The molecule has 0 bridgehead atoms. The molecule has 3 aromatic rings. The lowest BCUT2D eigenvalue weighted by atomic mass is 10.1. The number of carbonyl (C=O) groups is 1. The Morgan fingerprint density at radius 1 is 0.962 bits per heavy atom. The largest absolute Gasteiger partial charge is 0.497 e. The Labute approximate surface area is 151 Å². The molecule has 0 amide bonds. The van der Waals surface area contributed by atoms with Gasteiger partial charge in [-0.25, -0.2) is 9.48 Å². The molecule has 6 heteroatoms. The Balaban J connectivity index is 2.08. The highest BCUT2D eigenvalue weighted by atomic mass is 16.5. The van der Waals surface area contributed by atoms with Gasteiger partial charge in [-0.05, 0) is 61.5 Å². The van der Waals surface area contributed by atoms with Crippen LogP contribution in [-0.2, 0) is 4.74 Å². The van der Waals surface area contributed by atoms with E-state index in [0.717, 1.165) is 28.4 Å². The van der Waals surface area contributed by atoms with Gasteiger partial charge in [0.1, 0.15) is 11.5 Å². The summed E-state index contributed by atoms with van der Waals surface area (Å²) in [7, 11) is 3.24. The number of hydrogen-bond acceptors (Lipinski definition) is 5. The van der Waals surface area contributed by atoms with Crippen LogP contribution in [0.2, 0.25) is 0 Å². The topological polar surface area (TPSA) is 62.6 Å². The van der Waals surface area contributed by atoms with Crippen molar-refractivity contribution in [3.63, 3.8) is 0 Å². The average Bonchev–Trinajstić information content (AvgIpc) is 3.14. The molecule has 0 aliphatic heterocycles. The van der Waals surface area contributed by atoms with Crippen molar-refractivity contribution >= 4 is 5.97 Å². The zero-order chi connectivity index (χ0) is 18.5. The van der Waals surface area contributed by atoms with Crippen molar-refractivity contribution in [2.24, 2.45) is 0 Å². The Morgan fingerprint density at radius 3 is 2.08 bits per heavy atom. The Kier molecular flexibility index (Phi) is 5.22. The first-order valence-electron chi connectivity index (χ1n) is 8.22. The minimum Gasteiger partial charge on any atom is -0.497 e. The van der Waals surface area contributed by atoms with Gasteiger partial charge in [-0.1, -0.05) is 0 Å². The summed E-state index contributed by atoms with van der Waals surface area (Å²) in [6.45, 7) is 2.06. The Bertz CT molecular complexity index is 818. The predicted molar refractivity (Wildman–Crippen MR) is 98.1 cm³/mol. The summed E-state index contributed by atoms with van der Waals surface area (Å²) in [5.41, 5.74) is 2.76. The maximum atomic E-state index is 12.1. The van der Waals surface area contributed by atoms with E-state index in [1.807, 2.05) is 48.5 Å². The fraction of sp³-hybridized carbons (Fsp3) is 0.200. The lowest BCUT2D eigenvalue weighted by Gasteiger charge is -2.09. The van der Waals surface area contributed by atoms with Gasteiger partial charge in [0.25, 0.3) is 0 Å². The zero-order valence-corrected chi connectivity index (χ0v) is 14.9. The highest BCUT2D eigenvalue weighted by Crippen LogP contribution is 2.27. The summed E-state index contributed by atoms with van der Waals surface area (Å²) in [4.78, 5) is 12.1. The van der Waals surface area contributed by atoms with Crippen LogP contribution in [0.5, 0.6) is 11.5 Å². The van der Waals surface area contributed by atoms with E-state index in [1.165, 1.54) is 0 Å². The molecule has 6 nitrogen and oxygen atoms in total. The molecule has 0 saturated heterocycles. The number of hydrogen-bond donors (Lipinski definition) is 0. The van der Waals surface area contributed by atoms with E-state index in [1.54, 1.807) is 31.9 Å². The molecule has 134 valence electrons. The van der Waals surface area contributed by atoms with Crippen molar-refractivity contribution in [3.8, 4) is 28.4 Å². The zero-order valence-electron chi connectivity index (χ0n) is 14.9. The Hall–Kier alpha value is -3.28. The van der Waals surface area contributed by atoms with Crippen molar-refractivity contribution in [2.75, 3.05) is 20.8 Å². The van der Waals surface area contributed by atoms with Crippen LogP contribution in [0.15, 0.2) is 54.6 Å². The number of ether oxygens (including phenoxy) is 3. The molecule has 0 aliphatic carbocycles. The van der Waals surface area contributed by atoms with E-state index in [-0.39, 0.29) is 5.69 Å². The van der Waals surface area contributed by atoms with Crippen molar-refractivity contribution in [1.82, 2.24) is 9.78 Å². The van der Waals surface area contributed by atoms with Gasteiger partial charge in [-0.15, -0.1) is 0 Å². The van der Waals surface area contributed by atoms with E-state index in [4.69, 9.17) is 14.2 Å². The second-order valence-corrected chi connectivity index (χ2v) is 5.47. The maximum absolute atomic E-state index is 12.1. The quantitative estimate of drug-likeness (QED) is 0.633. The van der Waals surface area contributed by atoms with Crippen LogP contribution in [0.1, 0.15) is 17.4 Å². The summed E-state index contributed by atoms with van der Waals surface area (Å²) in [5.74, 6) is 1.06. The van der Waals surface area contributed by atoms with E-state index in [2.05, 4.69) is 5.10 Å². The molecule has 2 aromatic carbocycles. The maximum Gasteiger partial charge on any atom is 0.358 e. The molecule has 0 saturated carbocycles. The van der Waals surface area contributed by atoms with E-state index in [9.17, 15) is 4.79 Å². The van der Waals surface area contributed by atoms with Crippen LogP contribution < -0.4 is 9.47 Å². The summed E-state index contributed by atoms with van der Waals surface area (Å²) < 4.78 is 17.2. The van der Waals surface area contributed by atoms with Crippen LogP contribution in [0, 0.1) is 0 Å². The number of aromatic nitrogens is 2. The molecular weight excluding hydrogens is 332 g/mol. The molecule has 1 aromatic heterocycles. The van der Waals surface area contributed by atoms with Crippen molar-refractivity contribution in [1.29, 1.82) is 0 Å². The molecular formula is C20H20N2O4. The molecule has 0 unspecified atom stereocenters. The first-order valence-corrected chi connectivity index (χ1v) is 8.22. The van der Waals surface area contributed by atoms with Gasteiger partial charge in [0, 0.05) is 5.56 Å². The van der Waals surface area contributed by atoms with Crippen molar-refractivity contribution in [2.45, 2.75) is 6.92 Å². The lowest BCUT2D eigenvalue weighted by Crippen LogP contribution is -2.06. The van der Waals surface area contributed by atoms with Crippen molar-refractivity contribution in [3.05, 3.63) is 60.3 Å². The number of rotatable bonds is 6. The normalized spacial score (nSPS) is 10.4. The van der Waals surface area contributed by atoms with Gasteiger partial charge in [-0.2, -0.15) is 5.10 Å². The molecule has 0 fully saturated rings. The SMILES string of the molecule is CCOC(=O)c1cc(-c2ccc(OC)cc2)n(-c2ccc(OC)cc2)n1. The van der Waals surface area contributed by atoms with Crippen LogP contribution >= 0.6 is 0 Å². The number of carbonyl (C=O) groups excluding carboxylic acids is 1. The monoisotopic (exact) mass is 352 g/mol. The molecule has 3 rings (SSSR count). The molecule has 0 radical (unpaired) electrons. The third kappa shape index (κ3) is 3.54. The first kappa shape index (κ1) is 17.5. The average molecular weight is 352 g/mol. The number of nitrogens with zero attached hydrogens (tertiary/aromatic N) is 2. The van der Waals surface area contributed by atoms with E-state index in [0.29, 0.717) is 6.61 Å². The lowest BCUT2D eigenvalue weighted by molar-refractivity contribution is 0.0519. The summed E-state index contributed by atoms with van der Waals surface area (Å²) in [6, 6.07) is 16.8. The minimum absolute atomic E-state index is 0.258. The second-order valence-electron chi connectivity index (χ2n) is 5.47. The summed E-state index contributed by atoms with van der Waals surface area (Å²) in [5, 5.41) is 4.44. The fourth-order valence-electron chi connectivity index (χ4n) is 2.57.